The van der Waals surface area contributed by atoms with Crippen LogP contribution in [0.3, 0.4) is 0 Å². The molecule has 0 aromatic heterocycles. The third-order valence-electron chi connectivity index (χ3n) is 2.86. The molecule has 4 heteroatoms. The van der Waals surface area contributed by atoms with Crippen molar-refractivity contribution >= 4 is 23.3 Å². The summed E-state index contributed by atoms with van der Waals surface area (Å²) in [6, 6.07) is 7.39. The fourth-order valence-electron chi connectivity index (χ4n) is 1.67. The molecular weight excluding hydrogens is 238 g/mol. The van der Waals surface area contributed by atoms with Crippen molar-refractivity contribution in [3.8, 4) is 0 Å². The number of carboxylic acids is 1. The molecule has 17 heavy (non-hydrogen) atoms. The van der Waals surface area contributed by atoms with Gasteiger partial charge >= 0.3 is 5.97 Å². The summed E-state index contributed by atoms with van der Waals surface area (Å²) in [5.41, 5.74) is 0.973. The van der Waals surface area contributed by atoms with E-state index in [-0.39, 0.29) is 11.8 Å². The monoisotopic (exact) mass is 255 g/mol. The van der Waals surface area contributed by atoms with E-state index in [1.165, 1.54) is 0 Å². The zero-order valence-electron chi connectivity index (χ0n) is 10.4. The van der Waals surface area contributed by atoms with Crippen LogP contribution in [0.1, 0.15) is 13.8 Å². The van der Waals surface area contributed by atoms with Crippen molar-refractivity contribution in [2.45, 2.75) is 13.8 Å². The molecule has 1 atom stereocenters. The number of benzene rings is 1. The van der Waals surface area contributed by atoms with Gasteiger partial charge in [0.15, 0.2) is 0 Å². The maximum absolute atomic E-state index is 11.1. The second-order valence-electron chi connectivity index (χ2n) is 4.55. The van der Waals surface area contributed by atoms with Crippen molar-refractivity contribution in [3.05, 3.63) is 29.3 Å². The van der Waals surface area contributed by atoms with E-state index in [1.807, 2.05) is 37.9 Å². The van der Waals surface area contributed by atoms with Crippen LogP contribution in [-0.2, 0) is 4.79 Å². The number of hydrogen-bond acceptors (Lipinski definition) is 2. The van der Waals surface area contributed by atoms with Gasteiger partial charge in [0.1, 0.15) is 0 Å². The smallest absolute Gasteiger partial charge is 0.308 e. The third-order valence-corrected chi connectivity index (χ3v) is 3.11. The summed E-state index contributed by atoms with van der Waals surface area (Å²) in [6.07, 6.45) is 0. The van der Waals surface area contributed by atoms with Crippen molar-refractivity contribution in [1.29, 1.82) is 0 Å². The highest BCUT2D eigenvalue weighted by molar-refractivity contribution is 6.30. The van der Waals surface area contributed by atoms with Crippen molar-refractivity contribution in [3.63, 3.8) is 0 Å². The largest absolute Gasteiger partial charge is 0.481 e. The van der Waals surface area contributed by atoms with Crippen molar-refractivity contribution in [2.75, 3.05) is 18.5 Å². The Morgan fingerprint density at radius 1 is 1.35 bits per heavy atom. The van der Waals surface area contributed by atoms with Gasteiger partial charge in [-0.25, -0.2) is 0 Å². The second-order valence-corrected chi connectivity index (χ2v) is 4.98. The van der Waals surface area contributed by atoms with Crippen LogP contribution in [0.4, 0.5) is 5.69 Å². The predicted molar refractivity (Wildman–Crippen MR) is 70.7 cm³/mol. The quantitative estimate of drug-likeness (QED) is 0.879. The van der Waals surface area contributed by atoms with Crippen molar-refractivity contribution in [1.82, 2.24) is 0 Å². The lowest BCUT2D eigenvalue weighted by Gasteiger charge is -2.25. The number of anilines is 1. The van der Waals surface area contributed by atoms with Crippen LogP contribution < -0.4 is 4.90 Å². The van der Waals surface area contributed by atoms with E-state index in [2.05, 4.69) is 0 Å². The van der Waals surface area contributed by atoms with E-state index in [0.717, 1.165) is 5.69 Å². The molecule has 1 N–H and O–H groups in total. The number of nitrogens with zero attached hydrogens (tertiary/aromatic N) is 1. The molecule has 0 radical (unpaired) electrons. The fraction of sp³-hybridized carbons (Fsp3) is 0.462. The van der Waals surface area contributed by atoms with Crippen LogP contribution in [0.2, 0.25) is 5.02 Å². The molecule has 0 heterocycles. The standard InChI is InChI=1S/C13H18ClNO2/c1-9(2)12(13(16)17)8-15(3)11-6-4-10(14)5-7-11/h4-7,9,12H,8H2,1-3H3,(H,16,17). The molecule has 0 aliphatic carbocycles. The highest BCUT2D eigenvalue weighted by Gasteiger charge is 2.23. The Labute approximate surface area is 107 Å². The molecule has 94 valence electrons. The molecule has 0 amide bonds. The minimum atomic E-state index is -0.749. The molecule has 0 saturated carbocycles. The number of halogens is 1. The number of rotatable bonds is 5. The van der Waals surface area contributed by atoms with Gasteiger partial charge in [-0.15, -0.1) is 0 Å². The highest BCUT2D eigenvalue weighted by Crippen LogP contribution is 2.20. The molecule has 0 fully saturated rings. The lowest BCUT2D eigenvalue weighted by Crippen LogP contribution is -2.33. The van der Waals surface area contributed by atoms with E-state index in [9.17, 15) is 4.79 Å². The van der Waals surface area contributed by atoms with Crippen LogP contribution in [0.15, 0.2) is 24.3 Å². The first-order chi connectivity index (χ1) is 7.91. The van der Waals surface area contributed by atoms with Gasteiger partial charge in [0.25, 0.3) is 0 Å². The fourth-order valence-corrected chi connectivity index (χ4v) is 1.80. The van der Waals surface area contributed by atoms with Crippen molar-refractivity contribution in [2.24, 2.45) is 11.8 Å². The average molecular weight is 256 g/mol. The van der Waals surface area contributed by atoms with E-state index in [0.29, 0.717) is 11.6 Å². The molecule has 0 aliphatic heterocycles. The van der Waals surface area contributed by atoms with Gasteiger partial charge in [-0.1, -0.05) is 25.4 Å². The predicted octanol–water partition coefficient (Wildman–Crippen LogP) is 3.13. The van der Waals surface area contributed by atoms with Crippen LogP contribution in [0.5, 0.6) is 0 Å². The third kappa shape index (κ3) is 3.93. The first-order valence-corrected chi connectivity index (χ1v) is 5.99. The number of carboxylic acid groups (broad SMARTS) is 1. The summed E-state index contributed by atoms with van der Waals surface area (Å²) >= 11 is 5.81. The Morgan fingerprint density at radius 2 is 1.88 bits per heavy atom. The normalized spacial score (nSPS) is 12.5. The summed E-state index contributed by atoms with van der Waals surface area (Å²) in [4.78, 5) is 13.1. The summed E-state index contributed by atoms with van der Waals surface area (Å²) < 4.78 is 0. The van der Waals surface area contributed by atoms with E-state index in [4.69, 9.17) is 16.7 Å². The number of hydrogen-bond donors (Lipinski definition) is 1. The van der Waals surface area contributed by atoms with Gasteiger partial charge in [-0.3, -0.25) is 4.79 Å². The summed E-state index contributed by atoms with van der Waals surface area (Å²) in [6.45, 7) is 4.34. The molecule has 0 aliphatic rings. The van der Waals surface area contributed by atoms with E-state index in [1.54, 1.807) is 12.1 Å². The molecule has 1 rings (SSSR count). The second kappa shape index (κ2) is 5.92. The maximum Gasteiger partial charge on any atom is 0.308 e. The first-order valence-electron chi connectivity index (χ1n) is 5.61. The molecule has 3 nitrogen and oxygen atoms in total. The molecule has 0 saturated heterocycles. The Kier molecular flexibility index (Phi) is 4.82. The van der Waals surface area contributed by atoms with Crippen LogP contribution in [0.25, 0.3) is 0 Å². The molecule has 0 bridgehead atoms. The van der Waals surface area contributed by atoms with Gasteiger partial charge in [0.2, 0.25) is 0 Å². The number of aliphatic carboxylic acids is 1. The lowest BCUT2D eigenvalue weighted by atomic mass is 9.95. The molecule has 0 spiro atoms. The molecular formula is C13H18ClNO2. The zero-order chi connectivity index (χ0) is 13.0. The minimum absolute atomic E-state index is 0.113. The van der Waals surface area contributed by atoms with E-state index < -0.39 is 5.97 Å². The molecule has 1 unspecified atom stereocenters. The Hall–Kier alpha value is -1.22. The SMILES string of the molecule is CC(C)C(CN(C)c1ccc(Cl)cc1)C(=O)O. The molecule has 1 aromatic carbocycles. The summed E-state index contributed by atoms with van der Waals surface area (Å²) in [7, 11) is 1.89. The average Bonchev–Trinajstić information content (AvgIpc) is 2.25. The Balaban J connectivity index is 2.73. The summed E-state index contributed by atoms with van der Waals surface area (Å²) in [5, 5.41) is 9.82. The highest BCUT2D eigenvalue weighted by atomic mass is 35.5. The first kappa shape index (κ1) is 13.8. The zero-order valence-corrected chi connectivity index (χ0v) is 11.1. The van der Waals surface area contributed by atoms with Crippen LogP contribution >= 0.6 is 11.6 Å². The minimum Gasteiger partial charge on any atom is -0.481 e. The van der Waals surface area contributed by atoms with Gasteiger partial charge in [0.05, 0.1) is 5.92 Å². The number of carbonyl (C=O) groups is 1. The van der Waals surface area contributed by atoms with Crippen LogP contribution in [-0.4, -0.2) is 24.7 Å². The van der Waals surface area contributed by atoms with Gasteiger partial charge in [-0.2, -0.15) is 0 Å². The van der Waals surface area contributed by atoms with Crippen LogP contribution in [0, 0.1) is 11.8 Å². The van der Waals surface area contributed by atoms with Crippen molar-refractivity contribution < 1.29 is 9.90 Å². The molecule has 1 aromatic rings. The van der Waals surface area contributed by atoms with Gasteiger partial charge < -0.3 is 10.0 Å². The van der Waals surface area contributed by atoms with Gasteiger partial charge in [-0.05, 0) is 30.2 Å². The lowest BCUT2D eigenvalue weighted by molar-refractivity contribution is -0.142. The topological polar surface area (TPSA) is 40.5 Å². The van der Waals surface area contributed by atoms with Gasteiger partial charge in [0, 0.05) is 24.3 Å². The Morgan fingerprint density at radius 3 is 2.29 bits per heavy atom. The summed E-state index contributed by atoms with van der Waals surface area (Å²) in [5.74, 6) is -1.00. The maximum atomic E-state index is 11.1. The van der Waals surface area contributed by atoms with E-state index >= 15 is 0 Å². The Bertz CT molecular complexity index is 376.